The van der Waals surface area contributed by atoms with Crippen LogP contribution in [0.1, 0.15) is 12.6 Å². The van der Waals surface area contributed by atoms with Crippen LogP contribution >= 0.6 is 39.0 Å². The first-order valence-electron chi connectivity index (χ1n) is 7.78. The van der Waals surface area contributed by atoms with E-state index >= 15 is 0 Å². The van der Waals surface area contributed by atoms with Gasteiger partial charge in [-0.25, -0.2) is 9.97 Å². The number of aromatic amines is 1. The number of halogens is 1. The number of carbonyl (C=O) groups is 1. The van der Waals surface area contributed by atoms with Gasteiger partial charge in [0.2, 0.25) is 5.91 Å². The number of thiazole rings is 1. The van der Waals surface area contributed by atoms with Crippen molar-refractivity contribution in [2.24, 2.45) is 0 Å². The molecule has 0 saturated carbocycles. The number of hydrogen-bond donors (Lipinski definition) is 2. The molecule has 0 aliphatic carbocycles. The summed E-state index contributed by atoms with van der Waals surface area (Å²) in [5, 5.41) is 5.66. The van der Waals surface area contributed by atoms with Crippen LogP contribution in [0.2, 0.25) is 0 Å². The number of benzene rings is 1. The van der Waals surface area contributed by atoms with E-state index < -0.39 is 0 Å². The molecule has 1 amide bonds. The number of rotatable bonds is 6. The number of H-pyrrole nitrogens is 1. The van der Waals surface area contributed by atoms with Crippen LogP contribution in [0.25, 0.3) is 11.3 Å². The molecule has 2 aromatic heterocycles. The molecular formula is C17H15BrN4O2S2. The molecule has 134 valence electrons. The number of nitrogens with one attached hydrogen (secondary N) is 2. The highest BCUT2D eigenvalue weighted by molar-refractivity contribution is 9.10. The third kappa shape index (κ3) is 5.03. The average Bonchev–Trinajstić information content (AvgIpc) is 3.08. The van der Waals surface area contributed by atoms with E-state index in [0.29, 0.717) is 22.4 Å². The number of amides is 1. The fraction of sp³-hybridized carbons (Fsp3) is 0.176. The first kappa shape index (κ1) is 18.8. The second kappa shape index (κ2) is 8.61. The number of carbonyl (C=O) groups excluding carboxylic acids is 1. The van der Waals surface area contributed by atoms with Crippen LogP contribution in [0.15, 0.2) is 50.1 Å². The van der Waals surface area contributed by atoms with Gasteiger partial charge in [-0.1, -0.05) is 46.7 Å². The van der Waals surface area contributed by atoms with Crippen LogP contribution in [-0.4, -0.2) is 26.6 Å². The molecule has 6 nitrogen and oxygen atoms in total. The first-order valence-corrected chi connectivity index (χ1v) is 10.4. The van der Waals surface area contributed by atoms with Gasteiger partial charge in [0.05, 0.1) is 11.4 Å². The molecule has 0 spiro atoms. The number of nitrogens with zero attached hydrogens (tertiary/aromatic N) is 2. The highest BCUT2D eigenvalue weighted by atomic mass is 79.9. The van der Waals surface area contributed by atoms with Crippen LogP contribution < -0.4 is 10.9 Å². The molecule has 2 N–H and O–H groups in total. The summed E-state index contributed by atoms with van der Waals surface area (Å²) in [5.74, 6) is -0.0557. The Labute approximate surface area is 166 Å². The molecule has 3 rings (SSSR count). The van der Waals surface area contributed by atoms with Crippen molar-refractivity contribution < 1.29 is 4.79 Å². The lowest BCUT2D eigenvalue weighted by atomic mass is 10.2. The Kier molecular flexibility index (Phi) is 6.23. The monoisotopic (exact) mass is 450 g/mol. The summed E-state index contributed by atoms with van der Waals surface area (Å²) in [7, 11) is 0. The van der Waals surface area contributed by atoms with E-state index in [1.165, 1.54) is 29.2 Å². The maximum Gasteiger partial charge on any atom is 0.251 e. The van der Waals surface area contributed by atoms with Gasteiger partial charge in [-0.2, -0.15) is 0 Å². The topological polar surface area (TPSA) is 87.7 Å². The Bertz CT molecular complexity index is 969. The van der Waals surface area contributed by atoms with Crippen LogP contribution in [0.5, 0.6) is 0 Å². The molecule has 0 aliphatic rings. The van der Waals surface area contributed by atoms with Crippen molar-refractivity contribution in [3.63, 3.8) is 0 Å². The molecule has 0 fully saturated rings. The van der Waals surface area contributed by atoms with Gasteiger partial charge in [0, 0.05) is 27.2 Å². The van der Waals surface area contributed by atoms with Crippen molar-refractivity contribution in [3.8, 4) is 11.3 Å². The van der Waals surface area contributed by atoms with Crippen molar-refractivity contribution >= 4 is 50.1 Å². The van der Waals surface area contributed by atoms with Crippen molar-refractivity contribution in [2.45, 2.75) is 18.5 Å². The molecule has 0 saturated heterocycles. The summed E-state index contributed by atoms with van der Waals surface area (Å²) in [6.45, 7) is 1.93. The molecule has 26 heavy (non-hydrogen) atoms. The molecule has 3 aromatic rings. The highest BCUT2D eigenvalue weighted by Gasteiger charge is 2.10. The van der Waals surface area contributed by atoms with Gasteiger partial charge in [0.15, 0.2) is 10.3 Å². The fourth-order valence-corrected chi connectivity index (χ4v) is 3.80. The Morgan fingerprint density at radius 1 is 1.31 bits per heavy atom. The Hall–Kier alpha value is -1.97. The molecule has 0 radical (unpaired) electrons. The highest BCUT2D eigenvalue weighted by Crippen LogP contribution is 2.26. The number of aryl methyl sites for hydroxylation is 1. The zero-order valence-electron chi connectivity index (χ0n) is 13.8. The molecule has 2 heterocycles. The zero-order valence-corrected chi connectivity index (χ0v) is 17.0. The van der Waals surface area contributed by atoms with Crippen LogP contribution in [0, 0.1) is 0 Å². The third-order valence-electron chi connectivity index (χ3n) is 3.37. The Balaban J connectivity index is 1.59. The Morgan fingerprint density at radius 3 is 2.81 bits per heavy atom. The maximum absolute atomic E-state index is 12.1. The SMILES string of the molecule is CCc1cc(=O)[nH]c(SCC(=O)Nc2nc(-c3ccc(Br)cc3)cs2)n1. The minimum Gasteiger partial charge on any atom is -0.301 e. The van der Waals surface area contributed by atoms with E-state index in [1.807, 2.05) is 36.6 Å². The lowest BCUT2D eigenvalue weighted by molar-refractivity contribution is -0.113. The lowest BCUT2D eigenvalue weighted by Gasteiger charge is -2.03. The van der Waals surface area contributed by atoms with Crippen molar-refractivity contribution in [2.75, 3.05) is 11.1 Å². The first-order chi connectivity index (χ1) is 12.5. The number of anilines is 1. The van der Waals surface area contributed by atoms with E-state index in [0.717, 1.165) is 15.7 Å². The van der Waals surface area contributed by atoms with E-state index in [9.17, 15) is 9.59 Å². The quantitative estimate of drug-likeness (QED) is 0.438. The van der Waals surface area contributed by atoms with E-state index in [-0.39, 0.29) is 17.2 Å². The van der Waals surface area contributed by atoms with Crippen LogP contribution in [0.3, 0.4) is 0 Å². The predicted octanol–water partition coefficient (Wildman–Crippen LogP) is 3.95. The lowest BCUT2D eigenvalue weighted by Crippen LogP contribution is -2.15. The van der Waals surface area contributed by atoms with Gasteiger partial charge >= 0.3 is 0 Å². The molecule has 1 aromatic carbocycles. The number of hydrogen-bond acceptors (Lipinski definition) is 6. The molecule has 0 unspecified atom stereocenters. The van der Waals surface area contributed by atoms with Gasteiger partial charge in [-0.05, 0) is 18.6 Å². The van der Waals surface area contributed by atoms with Gasteiger partial charge in [-0.15, -0.1) is 11.3 Å². The number of thioether (sulfide) groups is 1. The Morgan fingerprint density at radius 2 is 2.08 bits per heavy atom. The van der Waals surface area contributed by atoms with E-state index in [2.05, 4.69) is 36.2 Å². The van der Waals surface area contributed by atoms with E-state index in [1.54, 1.807) is 0 Å². The zero-order chi connectivity index (χ0) is 18.5. The molecule has 9 heteroatoms. The summed E-state index contributed by atoms with van der Waals surface area (Å²) in [6.07, 6.45) is 0.668. The summed E-state index contributed by atoms with van der Waals surface area (Å²) in [4.78, 5) is 35.0. The van der Waals surface area contributed by atoms with Crippen molar-refractivity contribution in [3.05, 3.63) is 56.2 Å². The fourth-order valence-electron chi connectivity index (χ4n) is 2.11. The standard InChI is InChI=1S/C17H15BrN4O2S2/c1-2-12-7-14(23)21-16(19-12)26-9-15(24)22-17-20-13(8-25-17)10-3-5-11(18)6-4-10/h3-8H,2,9H2,1H3,(H,19,21,23)(H,20,22,24). The van der Waals surface area contributed by atoms with Crippen molar-refractivity contribution in [1.29, 1.82) is 0 Å². The van der Waals surface area contributed by atoms with Crippen LogP contribution in [0.4, 0.5) is 5.13 Å². The minimum absolute atomic E-state index is 0.142. The van der Waals surface area contributed by atoms with Crippen LogP contribution in [-0.2, 0) is 11.2 Å². The summed E-state index contributed by atoms with van der Waals surface area (Å²) >= 11 is 5.96. The smallest absolute Gasteiger partial charge is 0.251 e. The predicted molar refractivity (Wildman–Crippen MR) is 109 cm³/mol. The third-order valence-corrected chi connectivity index (χ3v) is 5.53. The average molecular weight is 451 g/mol. The van der Waals surface area contributed by atoms with Gasteiger partial charge < -0.3 is 10.3 Å². The number of aromatic nitrogens is 3. The molecule has 0 aliphatic heterocycles. The van der Waals surface area contributed by atoms with Crippen molar-refractivity contribution in [1.82, 2.24) is 15.0 Å². The second-order valence-electron chi connectivity index (χ2n) is 5.28. The largest absolute Gasteiger partial charge is 0.301 e. The maximum atomic E-state index is 12.1. The summed E-state index contributed by atoms with van der Waals surface area (Å²) in [6, 6.07) is 9.28. The summed E-state index contributed by atoms with van der Waals surface area (Å²) in [5.41, 5.74) is 2.29. The minimum atomic E-state index is -0.209. The van der Waals surface area contributed by atoms with Gasteiger partial charge in [0.25, 0.3) is 5.56 Å². The molecule has 0 bridgehead atoms. The normalized spacial score (nSPS) is 10.7. The van der Waals surface area contributed by atoms with Gasteiger partial charge in [0.1, 0.15) is 0 Å². The molecule has 0 atom stereocenters. The van der Waals surface area contributed by atoms with Gasteiger partial charge in [-0.3, -0.25) is 9.59 Å². The second-order valence-corrected chi connectivity index (χ2v) is 8.01. The molecular weight excluding hydrogens is 436 g/mol. The van der Waals surface area contributed by atoms with E-state index in [4.69, 9.17) is 0 Å². The summed E-state index contributed by atoms with van der Waals surface area (Å²) < 4.78 is 1.00.